The van der Waals surface area contributed by atoms with Crippen molar-refractivity contribution in [3.05, 3.63) is 17.8 Å². The summed E-state index contributed by atoms with van der Waals surface area (Å²) in [7, 11) is 0. The zero-order valence-electron chi connectivity index (χ0n) is 9.13. The standard InChI is InChI=1S/C9H12N2O.C2H6/c1-7-3-4-8-9(11-7)10-5-2-6-12-8;1-2/h3-4H,2,5-6H2,1H3,(H,10,11);1-2H3. The number of fused-ring (bicyclic) bond motifs is 1. The van der Waals surface area contributed by atoms with Crippen molar-refractivity contribution in [1.82, 2.24) is 4.98 Å². The van der Waals surface area contributed by atoms with E-state index in [1.807, 2.05) is 32.9 Å². The van der Waals surface area contributed by atoms with Gasteiger partial charge in [-0.1, -0.05) is 13.8 Å². The van der Waals surface area contributed by atoms with E-state index in [0.717, 1.165) is 36.8 Å². The van der Waals surface area contributed by atoms with Crippen LogP contribution in [0.3, 0.4) is 0 Å². The van der Waals surface area contributed by atoms with Crippen molar-refractivity contribution >= 4 is 5.82 Å². The highest BCUT2D eigenvalue weighted by atomic mass is 16.5. The molecule has 0 radical (unpaired) electrons. The molecule has 0 atom stereocenters. The summed E-state index contributed by atoms with van der Waals surface area (Å²) in [6, 6.07) is 3.93. The number of nitrogens with zero attached hydrogens (tertiary/aromatic N) is 1. The molecule has 1 N–H and O–H groups in total. The maximum Gasteiger partial charge on any atom is 0.169 e. The molecule has 0 amide bonds. The van der Waals surface area contributed by atoms with Crippen molar-refractivity contribution < 1.29 is 4.74 Å². The molecule has 1 aromatic rings. The average molecular weight is 194 g/mol. The smallest absolute Gasteiger partial charge is 0.169 e. The molecule has 0 aromatic carbocycles. The molecular formula is C11H18N2O. The van der Waals surface area contributed by atoms with Gasteiger partial charge in [0.1, 0.15) is 0 Å². The summed E-state index contributed by atoms with van der Waals surface area (Å²) in [6.45, 7) is 7.71. The Kier molecular flexibility index (Phi) is 4.23. The molecule has 1 aliphatic heterocycles. The molecule has 14 heavy (non-hydrogen) atoms. The summed E-state index contributed by atoms with van der Waals surface area (Å²) in [5, 5.41) is 3.23. The molecule has 0 saturated heterocycles. The summed E-state index contributed by atoms with van der Waals surface area (Å²) in [4.78, 5) is 4.34. The van der Waals surface area contributed by atoms with Gasteiger partial charge < -0.3 is 10.1 Å². The predicted octanol–water partition coefficient (Wildman–Crippen LogP) is 2.61. The van der Waals surface area contributed by atoms with E-state index in [0.29, 0.717) is 0 Å². The van der Waals surface area contributed by atoms with Crippen molar-refractivity contribution in [2.45, 2.75) is 27.2 Å². The first-order chi connectivity index (χ1) is 6.86. The van der Waals surface area contributed by atoms with Gasteiger partial charge in [-0.25, -0.2) is 4.98 Å². The van der Waals surface area contributed by atoms with Crippen LogP contribution in [0.2, 0.25) is 0 Å². The monoisotopic (exact) mass is 194 g/mol. The highest BCUT2D eigenvalue weighted by Crippen LogP contribution is 2.23. The molecule has 1 aromatic heterocycles. The van der Waals surface area contributed by atoms with E-state index in [2.05, 4.69) is 10.3 Å². The van der Waals surface area contributed by atoms with E-state index in [-0.39, 0.29) is 0 Å². The summed E-state index contributed by atoms with van der Waals surface area (Å²) >= 11 is 0. The lowest BCUT2D eigenvalue weighted by Crippen LogP contribution is -2.01. The van der Waals surface area contributed by atoms with Crippen LogP contribution in [-0.2, 0) is 0 Å². The average Bonchev–Trinajstić information content (AvgIpc) is 2.45. The van der Waals surface area contributed by atoms with Crippen LogP contribution < -0.4 is 10.1 Å². The zero-order chi connectivity index (χ0) is 10.4. The molecular weight excluding hydrogens is 176 g/mol. The van der Waals surface area contributed by atoms with Gasteiger partial charge in [0.15, 0.2) is 11.6 Å². The van der Waals surface area contributed by atoms with Crippen molar-refractivity contribution in [3.63, 3.8) is 0 Å². The Hall–Kier alpha value is -1.25. The first kappa shape index (κ1) is 10.8. The maximum atomic E-state index is 5.48. The van der Waals surface area contributed by atoms with E-state index in [1.165, 1.54) is 0 Å². The minimum atomic E-state index is 0.782. The van der Waals surface area contributed by atoms with Crippen molar-refractivity contribution in [2.75, 3.05) is 18.5 Å². The second-order valence-electron chi connectivity index (χ2n) is 2.93. The van der Waals surface area contributed by atoms with Gasteiger partial charge in [-0.2, -0.15) is 0 Å². The molecule has 2 heterocycles. The lowest BCUT2D eigenvalue weighted by molar-refractivity contribution is 0.322. The molecule has 0 saturated carbocycles. The van der Waals surface area contributed by atoms with E-state index in [4.69, 9.17) is 4.74 Å². The number of aromatic nitrogens is 1. The van der Waals surface area contributed by atoms with Crippen LogP contribution in [0.1, 0.15) is 26.0 Å². The number of aryl methyl sites for hydroxylation is 1. The van der Waals surface area contributed by atoms with E-state index in [1.54, 1.807) is 0 Å². The third-order valence-corrected chi connectivity index (χ3v) is 1.87. The Bertz CT molecular complexity index is 287. The van der Waals surface area contributed by atoms with Crippen LogP contribution in [0.4, 0.5) is 5.82 Å². The molecule has 0 bridgehead atoms. The third-order valence-electron chi connectivity index (χ3n) is 1.87. The highest BCUT2D eigenvalue weighted by molar-refractivity contribution is 5.51. The fourth-order valence-electron chi connectivity index (χ4n) is 1.25. The second kappa shape index (κ2) is 5.47. The van der Waals surface area contributed by atoms with E-state index in [9.17, 15) is 0 Å². The van der Waals surface area contributed by atoms with Gasteiger partial charge in [0.25, 0.3) is 0 Å². The number of rotatable bonds is 0. The van der Waals surface area contributed by atoms with Crippen molar-refractivity contribution in [1.29, 1.82) is 0 Å². The first-order valence-corrected chi connectivity index (χ1v) is 5.20. The molecule has 78 valence electrons. The lowest BCUT2D eigenvalue weighted by atomic mass is 10.3. The number of ether oxygens (including phenoxy) is 1. The normalized spacial score (nSPS) is 13.6. The predicted molar refractivity (Wildman–Crippen MR) is 58.9 cm³/mol. The van der Waals surface area contributed by atoms with Gasteiger partial charge in [-0.3, -0.25) is 0 Å². The molecule has 0 spiro atoms. The van der Waals surface area contributed by atoms with Crippen LogP contribution in [0.15, 0.2) is 12.1 Å². The van der Waals surface area contributed by atoms with Crippen molar-refractivity contribution in [2.24, 2.45) is 0 Å². The lowest BCUT2D eigenvalue weighted by Gasteiger charge is -2.06. The Morgan fingerprint density at radius 3 is 2.93 bits per heavy atom. The maximum absolute atomic E-state index is 5.48. The Labute approximate surface area is 85.5 Å². The van der Waals surface area contributed by atoms with Gasteiger partial charge in [-0.05, 0) is 25.5 Å². The third kappa shape index (κ3) is 2.62. The topological polar surface area (TPSA) is 34.2 Å². The number of hydrogen-bond donors (Lipinski definition) is 1. The fourth-order valence-corrected chi connectivity index (χ4v) is 1.25. The van der Waals surface area contributed by atoms with Crippen LogP contribution >= 0.6 is 0 Å². The van der Waals surface area contributed by atoms with Gasteiger partial charge in [0, 0.05) is 12.2 Å². The Morgan fingerprint density at radius 1 is 1.36 bits per heavy atom. The second-order valence-corrected chi connectivity index (χ2v) is 2.93. The number of anilines is 1. The molecule has 3 heteroatoms. The minimum absolute atomic E-state index is 0.782. The van der Waals surface area contributed by atoms with Gasteiger partial charge in [0.05, 0.1) is 6.61 Å². The summed E-state index contributed by atoms with van der Waals surface area (Å²) < 4.78 is 5.48. The number of pyridine rings is 1. The molecule has 0 fully saturated rings. The molecule has 1 aliphatic rings. The SMILES string of the molecule is CC.Cc1ccc2c(n1)NCCCO2. The van der Waals surface area contributed by atoms with E-state index >= 15 is 0 Å². The summed E-state index contributed by atoms with van der Waals surface area (Å²) in [5.74, 6) is 1.76. The van der Waals surface area contributed by atoms with Crippen LogP contribution in [-0.4, -0.2) is 18.1 Å². The van der Waals surface area contributed by atoms with Gasteiger partial charge in [0.2, 0.25) is 0 Å². The molecule has 3 nitrogen and oxygen atoms in total. The van der Waals surface area contributed by atoms with Crippen LogP contribution in [0.5, 0.6) is 5.75 Å². The quantitative estimate of drug-likeness (QED) is 0.689. The Morgan fingerprint density at radius 2 is 2.14 bits per heavy atom. The summed E-state index contributed by atoms with van der Waals surface area (Å²) in [5.41, 5.74) is 1.02. The summed E-state index contributed by atoms with van der Waals surface area (Å²) in [6.07, 6.45) is 1.04. The zero-order valence-corrected chi connectivity index (χ0v) is 9.13. The largest absolute Gasteiger partial charge is 0.490 e. The molecule has 2 rings (SSSR count). The van der Waals surface area contributed by atoms with Crippen molar-refractivity contribution in [3.8, 4) is 5.75 Å². The van der Waals surface area contributed by atoms with Crippen LogP contribution in [0, 0.1) is 6.92 Å². The van der Waals surface area contributed by atoms with E-state index < -0.39 is 0 Å². The van der Waals surface area contributed by atoms with Gasteiger partial charge in [-0.15, -0.1) is 0 Å². The highest BCUT2D eigenvalue weighted by Gasteiger charge is 2.08. The molecule has 0 aliphatic carbocycles. The van der Waals surface area contributed by atoms with Crippen LogP contribution in [0.25, 0.3) is 0 Å². The molecule has 0 unspecified atom stereocenters. The number of hydrogen-bond acceptors (Lipinski definition) is 3. The van der Waals surface area contributed by atoms with Gasteiger partial charge >= 0.3 is 0 Å². The minimum Gasteiger partial charge on any atom is -0.490 e. The Balaban J connectivity index is 0.000000461. The fraction of sp³-hybridized carbons (Fsp3) is 0.545. The first-order valence-electron chi connectivity index (χ1n) is 5.20. The number of nitrogens with one attached hydrogen (secondary N) is 1.